The van der Waals surface area contributed by atoms with Crippen molar-refractivity contribution in [3.8, 4) is 0 Å². The van der Waals surface area contributed by atoms with E-state index < -0.39 is 0 Å². The minimum Gasteiger partial charge on any atom is -0.323 e. The van der Waals surface area contributed by atoms with Crippen LogP contribution in [0.25, 0.3) is 0 Å². The lowest BCUT2D eigenvalue weighted by Crippen LogP contribution is -2.17. The summed E-state index contributed by atoms with van der Waals surface area (Å²) in [5.41, 5.74) is 5.50. The molecule has 104 valence electrons. The molecule has 2 aromatic rings. The summed E-state index contributed by atoms with van der Waals surface area (Å²) in [6, 6.07) is 13.2. The van der Waals surface area contributed by atoms with Gasteiger partial charge in [0.1, 0.15) is 0 Å². The molecule has 0 heterocycles. The third-order valence-electron chi connectivity index (χ3n) is 2.93. The van der Waals surface area contributed by atoms with Crippen LogP contribution in [0.2, 0.25) is 0 Å². The number of nitrogen functional groups attached to an aromatic ring is 1. The molecule has 20 heavy (non-hydrogen) atoms. The Bertz CT molecular complexity index is 628. The average molecular weight is 287 g/mol. The van der Waals surface area contributed by atoms with E-state index in [9.17, 15) is 4.79 Å². The summed E-state index contributed by atoms with van der Waals surface area (Å²) >= 11 is 1.59. The van der Waals surface area contributed by atoms with Crippen LogP contribution in [0.5, 0.6) is 0 Å². The molecular weight excluding hydrogens is 270 g/mol. The smallest absolute Gasteiger partial charge is 0.257 e. The fraction of sp³-hybridized carbons (Fsp3) is 0.133. The Labute approximate surface area is 122 Å². The van der Waals surface area contributed by atoms with Crippen LogP contribution < -0.4 is 16.6 Å². The number of amides is 1. The van der Waals surface area contributed by atoms with E-state index in [1.165, 1.54) is 0 Å². The summed E-state index contributed by atoms with van der Waals surface area (Å²) in [6.07, 6.45) is 1.98. The fourth-order valence-corrected chi connectivity index (χ4v) is 2.46. The number of nitrogens with one attached hydrogen (secondary N) is 2. The summed E-state index contributed by atoms with van der Waals surface area (Å²) in [5.74, 6) is 5.28. The van der Waals surface area contributed by atoms with Crippen LogP contribution in [-0.2, 0) is 0 Å². The molecule has 4 N–H and O–H groups in total. The van der Waals surface area contributed by atoms with Crippen molar-refractivity contribution in [2.45, 2.75) is 11.8 Å². The molecule has 2 aromatic carbocycles. The van der Waals surface area contributed by atoms with Gasteiger partial charge in [-0.3, -0.25) is 10.6 Å². The number of benzene rings is 2. The van der Waals surface area contributed by atoms with Crippen LogP contribution >= 0.6 is 11.8 Å². The van der Waals surface area contributed by atoms with E-state index in [0.29, 0.717) is 11.3 Å². The zero-order chi connectivity index (χ0) is 14.5. The highest BCUT2D eigenvalue weighted by Crippen LogP contribution is 2.26. The highest BCUT2D eigenvalue weighted by atomic mass is 32.2. The number of carbonyl (C=O) groups excluding carboxylic acids is 1. The summed E-state index contributed by atoms with van der Waals surface area (Å²) in [4.78, 5) is 13.4. The monoisotopic (exact) mass is 287 g/mol. The van der Waals surface area contributed by atoms with Gasteiger partial charge in [-0.1, -0.05) is 23.8 Å². The molecule has 1 amide bonds. The Balaban J connectivity index is 2.30. The second-order valence-corrected chi connectivity index (χ2v) is 5.20. The topological polar surface area (TPSA) is 67.2 Å². The first kappa shape index (κ1) is 14.4. The van der Waals surface area contributed by atoms with Crippen LogP contribution in [0, 0.1) is 6.92 Å². The van der Waals surface area contributed by atoms with E-state index in [0.717, 1.165) is 16.1 Å². The van der Waals surface area contributed by atoms with E-state index in [-0.39, 0.29) is 5.91 Å². The standard InChI is InChI=1S/C15H17N3OS/c1-10-7-8-12(18-16)11(9-10)15(19)17-13-5-3-4-6-14(13)20-2/h3-9,18H,16H2,1-2H3,(H,17,19). The van der Waals surface area contributed by atoms with Gasteiger partial charge in [-0.2, -0.15) is 0 Å². The zero-order valence-electron chi connectivity index (χ0n) is 11.4. The van der Waals surface area contributed by atoms with Crippen molar-refractivity contribution in [1.29, 1.82) is 0 Å². The number of para-hydroxylation sites is 1. The number of anilines is 2. The van der Waals surface area contributed by atoms with E-state index in [1.807, 2.05) is 49.6 Å². The van der Waals surface area contributed by atoms with Crippen LogP contribution in [0.1, 0.15) is 15.9 Å². The maximum Gasteiger partial charge on any atom is 0.257 e. The Hall–Kier alpha value is -1.98. The summed E-state index contributed by atoms with van der Waals surface area (Å²) in [6.45, 7) is 1.94. The molecule has 0 radical (unpaired) electrons. The van der Waals surface area contributed by atoms with Crippen molar-refractivity contribution in [1.82, 2.24) is 0 Å². The highest BCUT2D eigenvalue weighted by molar-refractivity contribution is 7.98. The van der Waals surface area contributed by atoms with E-state index in [1.54, 1.807) is 17.8 Å². The molecule has 4 nitrogen and oxygen atoms in total. The molecule has 0 aromatic heterocycles. The Morgan fingerprint density at radius 3 is 2.60 bits per heavy atom. The number of rotatable bonds is 4. The first-order valence-electron chi connectivity index (χ1n) is 6.17. The second kappa shape index (κ2) is 6.45. The normalized spacial score (nSPS) is 10.2. The van der Waals surface area contributed by atoms with Crippen LogP contribution in [0.3, 0.4) is 0 Å². The molecule has 5 heteroatoms. The molecule has 0 aliphatic carbocycles. The maximum atomic E-state index is 12.4. The zero-order valence-corrected chi connectivity index (χ0v) is 12.3. The van der Waals surface area contributed by atoms with Crippen LogP contribution in [0.4, 0.5) is 11.4 Å². The minimum absolute atomic E-state index is 0.178. The molecule has 0 aliphatic rings. The van der Waals surface area contributed by atoms with Crippen molar-refractivity contribution in [2.24, 2.45) is 5.84 Å². The van der Waals surface area contributed by atoms with Gasteiger partial charge in [0.2, 0.25) is 0 Å². The number of nitrogens with two attached hydrogens (primary N) is 1. The van der Waals surface area contributed by atoms with Gasteiger partial charge in [0, 0.05) is 4.90 Å². The molecule has 0 fully saturated rings. The van der Waals surface area contributed by atoms with Crippen molar-refractivity contribution in [3.05, 3.63) is 53.6 Å². The Morgan fingerprint density at radius 1 is 1.15 bits per heavy atom. The SMILES string of the molecule is CSc1ccccc1NC(=O)c1cc(C)ccc1NN. The van der Waals surface area contributed by atoms with Crippen molar-refractivity contribution in [3.63, 3.8) is 0 Å². The van der Waals surface area contributed by atoms with Crippen LogP contribution in [0.15, 0.2) is 47.4 Å². The number of hydrazine groups is 1. The molecule has 0 saturated carbocycles. The summed E-state index contributed by atoms with van der Waals surface area (Å²) in [7, 11) is 0. The number of hydrogen-bond acceptors (Lipinski definition) is 4. The van der Waals surface area contributed by atoms with Crippen molar-refractivity contribution in [2.75, 3.05) is 17.0 Å². The first-order chi connectivity index (χ1) is 9.65. The molecule has 0 bridgehead atoms. The predicted octanol–water partition coefficient (Wildman–Crippen LogP) is 3.25. The Morgan fingerprint density at radius 2 is 1.90 bits per heavy atom. The maximum absolute atomic E-state index is 12.4. The first-order valence-corrected chi connectivity index (χ1v) is 7.40. The van der Waals surface area contributed by atoms with E-state index in [2.05, 4.69) is 10.7 Å². The number of aryl methyl sites for hydroxylation is 1. The third-order valence-corrected chi connectivity index (χ3v) is 3.73. The molecule has 0 saturated heterocycles. The molecule has 0 atom stereocenters. The van der Waals surface area contributed by atoms with Crippen molar-refractivity contribution < 1.29 is 4.79 Å². The van der Waals surface area contributed by atoms with Crippen LogP contribution in [-0.4, -0.2) is 12.2 Å². The molecule has 0 aliphatic heterocycles. The van der Waals surface area contributed by atoms with Gasteiger partial charge in [-0.05, 0) is 37.4 Å². The molecular formula is C15H17N3OS. The fourth-order valence-electron chi connectivity index (χ4n) is 1.91. The number of carbonyl (C=O) groups is 1. The number of thioether (sulfide) groups is 1. The molecule has 0 unspecified atom stereocenters. The van der Waals surface area contributed by atoms with Gasteiger partial charge in [0.05, 0.1) is 16.9 Å². The van der Waals surface area contributed by atoms with Gasteiger partial charge in [-0.15, -0.1) is 11.8 Å². The van der Waals surface area contributed by atoms with Gasteiger partial charge >= 0.3 is 0 Å². The van der Waals surface area contributed by atoms with E-state index >= 15 is 0 Å². The lowest BCUT2D eigenvalue weighted by Gasteiger charge is -2.12. The second-order valence-electron chi connectivity index (χ2n) is 4.35. The Kier molecular flexibility index (Phi) is 4.65. The van der Waals surface area contributed by atoms with Crippen molar-refractivity contribution >= 4 is 29.0 Å². The third kappa shape index (κ3) is 3.12. The largest absolute Gasteiger partial charge is 0.323 e. The molecule has 2 rings (SSSR count). The molecule has 0 spiro atoms. The quantitative estimate of drug-likeness (QED) is 0.459. The van der Waals surface area contributed by atoms with Gasteiger partial charge in [0.15, 0.2) is 0 Å². The minimum atomic E-state index is -0.178. The summed E-state index contributed by atoms with van der Waals surface area (Å²) < 4.78 is 0. The number of hydrogen-bond donors (Lipinski definition) is 3. The van der Waals surface area contributed by atoms with Gasteiger partial charge in [-0.25, -0.2) is 0 Å². The lowest BCUT2D eigenvalue weighted by atomic mass is 10.1. The van der Waals surface area contributed by atoms with E-state index in [4.69, 9.17) is 5.84 Å². The highest BCUT2D eigenvalue weighted by Gasteiger charge is 2.12. The lowest BCUT2D eigenvalue weighted by molar-refractivity contribution is 0.102. The predicted molar refractivity (Wildman–Crippen MR) is 85.2 cm³/mol. The van der Waals surface area contributed by atoms with Gasteiger partial charge < -0.3 is 10.7 Å². The summed E-state index contributed by atoms with van der Waals surface area (Å²) in [5, 5.41) is 2.92. The van der Waals surface area contributed by atoms with Gasteiger partial charge in [0.25, 0.3) is 5.91 Å². The average Bonchev–Trinajstić information content (AvgIpc) is 2.47.